The number of aromatic nitrogens is 3. The highest BCUT2D eigenvalue weighted by atomic mass is 35.5. The van der Waals surface area contributed by atoms with Crippen LogP contribution in [0, 0.1) is 0 Å². The first-order valence-corrected chi connectivity index (χ1v) is 7.21. The average Bonchev–Trinajstić information content (AvgIpc) is 2.36. The first kappa shape index (κ1) is 13.3. The summed E-state index contributed by atoms with van der Waals surface area (Å²) in [6.45, 7) is 0. The molecule has 0 N–H and O–H groups in total. The van der Waals surface area contributed by atoms with Gasteiger partial charge in [0.25, 0.3) is 0 Å². The highest BCUT2D eigenvalue weighted by Gasteiger charge is 2.23. The Labute approximate surface area is 123 Å². The van der Waals surface area contributed by atoms with E-state index in [1.165, 1.54) is 24.8 Å². The Kier molecular flexibility index (Phi) is 3.57. The molecule has 0 radical (unpaired) electrons. The van der Waals surface area contributed by atoms with Crippen molar-refractivity contribution < 1.29 is 0 Å². The van der Waals surface area contributed by atoms with Crippen LogP contribution in [-0.2, 0) is 0 Å². The predicted molar refractivity (Wildman–Crippen MR) is 81.2 cm³/mol. The normalized spacial score (nSPS) is 14.9. The molecular formula is C15H17ClN4. The van der Waals surface area contributed by atoms with Crippen molar-refractivity contribution in [2.24, 2.45) is 0 Å². The standard InChI is InChI=1S/C15H17ClN4/c1-20(2)15-18-13(17-14(16)19-15)12-9-4-3-8-11(12)10-6-5-7-10/h3-4,8-10H,5-7H2,1-2H3. The van der Waals surface area contributed by atoms with Gasteiger partial charge < -0.3 is 4.90 Å². The van der Waals surface area contributed by atoms with Crippen LogP contribution < -0.4 is 4.90 Å². The highest BCUT2D eigenvalue weighted by molar-refractivity contribution is 6.28. The number of anilines is 1. The maximum Gasteiger partial charge on any atom is 0.229 e. The van der Waals surface area contributed by atoms with E-state index in [-0.39, 0.29) is 5.28 Å². The van der Waals surface area contributed by atoms with E-state index in [1.54, 1.807) is 0 Å². The lowest BCUT2D eigenvalue weighted by atomic mass is 9.78. The number of nitrogens with zero attached hydrogens (tertiary/aromatic N) is 4. The van der Waals surface area contributed by atoms with E-state index in [1.807, 2.05) is 25.1 Å². The Balaban J connectivity index is 2.08. The van der Waals surface area contributed by atoms with E-state index >= 15 is 0 Å². The van der Waals surface area contributed by atoms with Gasteiger partial charge in [-0.15, -0.1) is 0 Å². The van der Waals surface area contributed by atoms with Crippen molar-refractivity contribution in [3.63, 3.8) is 0 Å². The van der Waals surface area contributed by atoms with Crippen LogP contribution in [0.5, 0.6) is 0 Å². The first-order chi connectivity index (χ1) is 9.65. The van der Waals surface area contributed by atoms with E-state index in [9.17, 15) is 0 Å². The zero-order valence-electron chi connectivity index (χ0n) is 11.7. The summed E-state index contributed by atoms with van der Waals surface area (Å²) in [5.41, 5.74) is 2.40. The topological polar surface area (TPSA) is 41.9 Å². The predicted octanol–water partition coefficient (Wildman–Crippen LogP) is 3.53. The van der Waals surface area contributed by atoms with E-state index in [0.29, 0.717) is 17.7 Å². The molecule has 5 heteroatoms. The molecular weight excluding hydrogens is 272 g/mol. The Morgan fingerprint density at radius 1 is 1.10 bits per heavy atom. The van der Waals surface area contributed by atoms with Gasteiger partial charge in [0.2, 0.25) is 11.2 Å². The molecule has 0 atom stereocenters. The van der Waals surface area contributed by atoms with Gasteiger partial charge in [0.05, 0.1) is 0 Å². The lowest BCUT2D eigenvalue weighted by molar-refractivity contribution is 0.420. The summed E-state index contributed by atoms with van der Waals surface area (Å²) < 4.78 is 0. The van der Waals surface area contributed by atoms with Crippen molar-refractivity contribution in [3.05, 3.63) is 35.1 Å². The third-order valence-corrected chi connectivity index (χ3v) is 3.91. The number of hydrogen-bond donors (Lipinski definition) is 0. The monoisotopic (exact) mass is 288 g/mol. The molecule has 0 spiro atoms. The number of hydrogen-bond acceptors (Lipinski definition) is 4. The van der Waals surface area contributed by atoms with E-state index < -0.39 is 0 Å². The highest BCUT2D eigenvalue weighted by Crippen LogP contribution is 2.40. The SMILES string of the molecule is CN(C)c1nc(Cl)nc(-c2ccccc2C2CCC2)n1. The van der Waals surface area contributed by atoms with E-state index in [4.69, 9.17) is 11.6 Å². The number of rotatable bonds is 3. The van der Waals surface area contributed by atoms with Crippen molar-refractivity contribution in [1.29, 1.82) is 0 Å². The lowest BCUT2D eigenvalue weighted by Crippen LogP contribution is -2.15. The van der Waals surface area contributed by atoms with E-state index in [2.05, 4.69) is 33.2 Å². The summed E-state index contributed by atoms with van der Waals surface area (Å²) in [5, 5.41) is 0.238. The first-order valence-electron chi connectivity index (χ1n) is 6.83. The maximum atomic E-state index is 6.03. The summed E-state index contributed by atoms with van der Waals surface area (Å²) in [4.78, 5) is 14.8. The summed E-state index contributed by atoms with van der Waals surface area (Å²) in [6.07, 6.45) is 3.80. The molecule has 104 valence electrons. The molecule has 1 aliphatic rings. The second-order valence-electron chi connectivity index (χ2n) is 5.34. The molecule has 1 saturated carbocycles. The summed E-state index contributed by atoms with van der Waals surface area (Å²) in [6, 6.07) is 8.34. The second-order valence-corrected chi connectivity index (χ2v) is 5.68. The third kappa shape index (κ3) is 2.48. The smallest absolute Gasteiger partial charge is 0.229 e. The zero-order valence-corrected chi connectivity index (χ0v) is 12.4. The van der Waals surface area contributed by atoms with Gasteiger partial charge in [-0.3, -0.25) is 0 Å². The minimum absolute atomic E-state index is 0.238. The van der Waals surface area contributed by atoms with Crippen LogP contribution in [0.25, 0.3) is 11.4 Å². The molecule has 1 aromatic carbocycles. The van der Waals surface area contributed by atoms with Crippen LogP contribution >= 0.6 is 11.6 Å². The van der Waals surface area contributed by atoms with Gasteiger partial charge in [0.1, 0.15) is 0 Å². The maximum absolute atomic E-state index is 6.03. The zero-order chi connectivity index (χ0) is 14.1. The number of benzene rings is 1. The number of halogens is 1. The Bertz CT molecular complexity index is 623. The summed E-state index contributed by atoms with van der Waals surface area (Å²) in [5.74, 6) is 1.88. The van der Waals surface area contributed by atoms with E-state index in [0.717, 1.165) is 5.56 Å². The van der Waals surface area contributed by atoms with Gasteiger partial charge in [-0.1, -0.05) is 30.7 Å². The van der Waals surface area contributed by atoms with Gasteiger partial charge in [-0.2, -0.15) is 15.0 Å². The Morgan fingerprint density at radius 3 is 2.50 bits per heavy atom. The molecule has 1 aliphatic carbocycles. The largest absolute Gasteiger partial charge is 0.347 e. The molecule has 0 saturated heterocycles. The molecule has 1 fully saturated rings. The molecule has 0 amide bonds. The molecule has 2 aromatic rings. The minimum Gasteiger partial charge on any atom is -0.347 e. The summed E-state index contributed by atoms with van der Waals surface area (Å²) >= 11 is 6.03. The van der Waals surface area contributed by atoms with Crippen molar-refractivity contribution in [2.45, 2.75) is 25.2 Å². The van der Waals surface area contributed by atoms with Crippen LogP contribution in [0.4, 0.5) is 5.95 Å². The fourth-order valence-electron chi connectivity index (χ4n) is 2.44. The average molecular weight is 289 g/mol. The van der Waals surface area contributed by atoms with Crippen molar-refractivity contribution in [3.8, 4) is 11.4 Å². The molecule has 4 nitrogen and oxygen atoms in total. The van der Waals surface area contributed by atoms with Crippen LogP contribution in [0.1, 0.15) is 30.7 Å². The molecule has 20 heavy (non-hydrogen) atoms. The molecule has 0 aliphatic heterocycles. The van der Waals surface area contributed by atoms with Gasteiger partial charge in [0.15, 0.2) is 5.82 Å². The Hall–Kier alpha value is -1.68. The molecule has 1 aromatic heterocycles. The quantitative estimate of drug-likeness (QED) is 0.866. The fourth-order valence-corrected chi connectivity index (χ4v) is 2.59. The van der Waals surface area contributed by atoms with Crippen molar-refractivity contribution in [1.82, 2.24) is 15.0 Å². The van der Waals surface area contributed by atoms with Gasteiger partial charge in [-0.25, -0.2) is 0 Å². The minimum atomic E-state index is 0.238. The van der Waals surface area contributed by atoms with Gasteiger partial charge in [-0.05, 0) is 35.9 Å². The van der Waals surface area contributed by atoms with Crippen molar-refractivity contribution >= 4 is 17.5 Å². The van der Waals surface area contributed by atoms with Crippen LogP contribution in [-0.4, -0.2) is 29.0 Å². The van der Waals surface area contributed by atoms with Crippen molar-refractivity contribution in [2.75, 3.05) is 19.0 Å². The van der Waals surface area contributed by atoms with Crippen LogP contribution in [0.15, 0.2) is 24.3 Å². The molecule has 0 unspecified atom stereocenters. The molecule has 3 rings (SSSR count). The van der Waals surface area contributed by atoms with Gasteiger partial charge >= 0.3 is 0 Å². The summed E-state index contributed by atoms with van der Waals surface area (Å²) in [7, 11) is 3.79. The van der Waals surface area contributed by atoms with Gasteiger partial charge in [0, 0.05) is 19.7 Å². The van der Waals surface area contributed by atoms with Crippen LogP contribution in [0.3, 0.4) is 0 Å². The molecule has 0 bridgehead atoms. The third-order valence-electron chi connectivity index (χ3n) is 3.74. The Morgan fingerprint density at radius 2 is 1.85 bits per heavy atom. The fraction of sp³-hybridized carbons (Fsp3) is 0.400. The molecule has 1 heterocycles. The lowest BCUT2D eigenvalue weighted by Gasteiger charge is -2.27. The second kappa shape index (κ2) is 5.37. The van der Waals surface area contributed by atoms with Crippen LogP contribution in [0.2, 0.25) is 5.28 Å².